The van der Waals surface area contributed by atoms with Crippen LogP contribution in [0.2, 0.25) is 0 Å². The predicted molar refractivity (Wildman–Crippen MR) is 104 cm³/mol. The van der Waals surface area contributed by atoms with Crippen LogP contribution in [0.15, 0.2) is 44.4 Å². The Morgan fingerprint density at radius 3 is 2.50 bits per heavy atom. The van der Waals surface area contributed by atoms with Gasteiger partial charge in [-0.05, 0) is 30.7 Å². The second-order valence-corrected chi connectivity index (χ2v) is 8.53. The maximum absolute atomic E-state index is 13.0. The summed E-state index contributed by atoms with van der Waals surface area (Å²) < 4.78 is 37.6. The molecule has 0 aliphatic rings. The van der Waals surface area contributed by atoms with Gasteiger partial charge in [0.15, 0.2) is 11.3 Å². The number of aromatic carboxylic acids is 1. The summed E-state index contributed by atoms with van der Waals surface area (Å²) >= 11 is 0. The lowest BCUT2D eigenvalue weighted by atomic mass is 10.1. The number of hydrogen-bond donors (Lipinski definition) is 1. The Morgan fingerprint density at radius 2 is 1.89 bits per heavy atom. The van der Waals surface area contributed by atoms with E-state index in [-0.39, 0.29) is 38.1 Å². The van der Waals surface area contributed by atoms with Crippen LogP contribution in [0.5, 0.6) is 5.75 Å². The van der Waals surface area contributed by atoms with Crippen molar-refractivity contribution in [2.45, 2.75) is 18.2 Å². The summed E-state index contributed by atoms with van der Waals surface area (Å²) in [7, 11) is -1.06. The number of nitrogens with zero attached hydrogens (tertiary/aromatic N) is 1. The van der Waals surface area contributed by atoms with Crippen LogP contribution in [0.1, 0.15) is 23.7 Å². The van der Waals surface area contributed by atoms with E-state index >= 15 is 0 Å². The Labute approximate surface area is 161 Å². The maximum Gasteiger partial charge on any atom is 0.335 e. The second kappa shape index (κ2) is 7.25. The van der Waals surface area contributed by atoms with Gasteiger partial charge in [0.2, 0.25) is 15.5 Å². The third-order valence-electron chi connectivity index (χ3n) is 4.20. The third-order valence-corrected chi connectivity index (χ3v) is 5.99. The minimum Gasteiger partial charge on any atom is -0.490 e. The van der Waals surface area contributed by atoms with Gasteiger partial charge in [0.05, 0.1) is 27.8 Å². The van der Waals surface area contributed by atoms with Crippen molar-refractivity contribution in [3.8, 4) is 5.75 Å². The smallest absolute Gasteiger partial charge is 0.335 e. The molecule has 0 bridgehead atoms. The van der Waals surface area contributed by atoms with E-state index in [0.29, 0.717) is 13.0 Å². The van der Waals surface area contributed by atoms with E-state index in [9.17, 15) is 18.0 Å². The van der Waals surface area contributed by atoms with E-state index in [4.69, 9.17) is 14.3 Å². The summed E-state index contributed by atoms with van der Waals surface area (Å²) in [5, 5.41) is 9.22. The number of hydrogen-bond acceptors (Lipinski definition) is 6. The highest BCUT2D eigenvalue weighted by Crippen LogP contribution is 2.31. The maximum atomic E-state index is 13.0. The largest absolute Gasteiger partial charge is 0.490 e. The van der Waals surface area contributed by atoms with Crippen molar-refractivity contribution in [1.29, 1.82) is 0 Å². The van der Waals surface area contributed by atoms with Crippen molar-refractivity contribution in [3.63, 3.8) is 0 Å². The monoisotopic (exact) mass is 405 g/mol. The van der Waals surface area contributed by atoms with Gasteiger partial charge >= 0.3 is 5.97 Å². The number of carboxylic acids is 1. The highest BCUT2D eigenvalue weighted by Gasteiger charge is 2.23. The number of sulfonamides is 1. The Balaban J connectivity index is 2.42. The molecular weight excluding hydrogens is 386 g/mol. The van der Waals surface area contributed by atoms with Gasteiger partial charge in [-0.2, -0.15) is 0 Å². The van der Waals surface area contributed by atoms with Gasteiger partial charge < -0.3 is 14.3 Å². The van der Waals surface area contributed by atoms with Crippen LogP contribution >= 0.6 is 0 Å². The van der Waals surface area contributed by atoms with Crippen LogP contribution in [0.3, 0.4) is 0 Å². The molecule has 1 N–H and O–H groups in total. The number of rotatable bonds is 6. The Bertz CT molecular complexity index is 1240. The fourth-order valence-corrected chi connectivity index (χ4v) is 3.66. The molecule has 8 nitrogen and oxygen atoms in total. The number of carboxylic acid groups (broad SMARTS) is 1. The van der Waals surface area contributed by atoms with Gasteiger partial charge in [-0.3, -0.25) is 4.79 Å². The van der Waals surface area contributed by atoms with Crippen molar-refractivity contribution < 1.29 is 27.5 Å². The van der Waals surface area contributed by atoms with E-state index in [2.05, 4.69) is 0 Å². The lowest BCUT2D eigenvalue weighted by Crippen LogP contribution is -2.22. The van der Waals surface area contributed by atoms with E-state index in [1.54, 1.807) is 0 Å². The Hall–Kier alpha value is -2.91. The quantitative estimate of drug-likeness (QED) is 0.627. The molecule has 9 heteroatoms. The highest BCUT2D eigenvalue weighted by atomic mass is 32.2. The molecule has 0 saturated carbocycles. The van der Waals surface area contributed by atoms with Crippen LogP contribution in [-0.4, -0.2) is 44.5 Å². The molecule has 0 aliphatic carbocycles. The molecule has 1 aromatic heterocycles. The van der Waals surface area contributed by atoms with Gasteiger partial charge in [-0.1, -0.05) is 6.92 Å². The van der Waals surface area contributed by atoms with Crippen LogP contribution in [-0.2, 0) is 10.0 Å². The molecule has 3 aromatic rings. The van der Waals surface area contributed by atoms with Crippen molar-refractivity contribution in [1.82, 2.24) is 4.31 Å². The molecule has 148 valence electrons. The zero-order valence-corrected chi connectivity index (χ0v) is 16.4. The number of fused-ring (bicyclic) bond motifs is 2. The fourth-order valence-electron chi connectivity index (χ4n) is 2.71. The molecule has 0 atom stereocenters. The lowest BCUT2D eigenvalue weighted by molar-refractivity contribution is 0.0697. The van der Waals surface area contributed by atoms with E-state index in [1.165, 1.54) is 44.4 Å². The molecule has 0 amide bonds. The average molecular weight is 405 g/mol. The molecule has 0 fully saturated rings. The normalized spacial score (nSPS) is 12.0. The standard InChI is InChI=1S/C19H19NO7S/c1-4-7-26-16-10-12(28(24,25)20(2)3)9-14-17(21)13-8-11(19(22)23)5-6-15(13)27-18(14)16/h5-6,8-10H,4,7H2,1-3H3,(H,22,23). The molecule has 0 aliphatic heterocycles. The number of carbonyl (C=O) groups is 1. The lowest BCUT2D eigenvalue weighted by Gasteiger charge is -2.14. The summed E-state index contributed by atoms with van der Waals surface area (Å²) in [6.45, 7) is 2.20. The molecule has 2 aromatic carbocycles. The van der Waals surface area contributed by atoms with Gasteiger partial charge in [-0.25, -0.2) is 17.5 Å². The molecule has 0 saturated heterocycles. The number of ether oxygens (including phenoxy) is 1. The van der Waals surface area contributed by atoms with Gasteiger partial charge in [0.25, 0.3) is 0 Å². The summed E-state index contributed by atoms with van der Waals surface area (Å²) in [5.41, 5.74) is -0.297. The van der Waals surface area contributed by atoms with E-state index in [1.807, 2.05) is 6.92 Å². The molecule has 28 heavy (non-hydrogen) atoms. The SMILES string of the molecule is CCCOc1cc(S(=O)(=O)N(C)C)cc2c(=O)c3cc(C(=O)O)ccc3oc12. The van der Waals surface area contributed by atoms with Crippen LogP contribution in [0.4, 0.5) is 0 Å². The second-order valence-electron chi connectivity index (χ2n) is 6.38. The molecule has 3 rings (SSSR count). The van der Waals surface area contributed by atoms with Gasteiger partial charge in [0, 0.05) is 20.2 Å². The van der Waals surface area contributed by atoms with Gasteiger partial charge in [0.1, 0.15) is 5.58 Å². The summed E-state index contributed by atoms with van der Waals surface area (Å²) in [5.74, 6) is -1.04. The highest BCUT2D eigenvalue weighted by molar-refractivity contribution is 7.89. The summed E-state index contributed by atoms with van der Waals surface area (Å²) in [6.07, 6.45) is 0.673. The average Bonchev–Trinajstić information content (AvgIpc) is 2.65. The van der Waals surface area contributed by atoms with Crippen LogP contribution in [0, 0.1) is 0 Å². The first kappa shape index (κ1) is 19.8. The predicted octanol–water partition coefficient (Wildman–Crippen LogP) is 2.68. The molecule has 0 radical (unpaired) electrons. The topological polar surface area (TPSA) is 114 Å². The zero-order valence-electron chi connectivity index (χ0n) is 15.6. The molecule has 1 heterocycles. The van der Waals surface area contributed by atoms with Crippen molar-refractivity contribution in [3.05, 3.63) is 46.1 Å². The van der Waals surface area contributed by atoms with Crippen molar-refractivity contribution in [2.24, 2.45) is 0 Å². The van der Waals surface area contributed by atoms with E-state index < -0.39 is 21.4 Å². The third kappa shape index (κ3) is 3.34. The minimum atomic E-state index is -3.83. The Kier molecular flexibility index (Phi) is 5.14. The Morgan fingerprint density at radius 1 is 1.18 bits per heavy atom. The van der Waals surface area contributed by atoms with Gasteiger partial charge in [-0.15, -0.1) is 0 Å². The fraction of sp³-hybridized carbons (Fsp3) is 0.263. The first-order valence-corrected chi connectivity index (χ1v) is 9.94. The number of benzene rings is 2. The minimum absolute atomic E-state index is 0.00377. The summed E-state index contributed by atoms with van der Waals surface area (Å²) in [6, 6.07) is 6.49. The van der Waals surface area contributed by atoms with Crippen molar-refractivity contribution >= 4 is 37.9 Å². The van der Waals surface area contributed by atoms with Crippen LogP contribution in [0.25, 0.3) is 21.9 Å². The van der Waals surface area contributed by atoms with E-state index in [0.717, 1.165) is 4.31 Å². The van der Waals surface area contributed by atoms with Crippen molar-refractivity contribution in [2.75, 3.05) is 20.7 Å². The van der Waals surface area contributed by atoms with Crippen LogP contribution < -0.4 is 10.2 Å². The summed E-state index contributed by atoms with van der Waals surface area (Å²) in [4.78, 5) is 24.1. The molecule has 0 unspecified atom stereocenters. The first-order valence-electron chi connectivity index (χ1n) is 8.50. The zero-order chi connectivity index (χ0) is 20.6. The molecule has 0 spiro atoms. The molecular formula is C19H19NO7S. The first-order chi connectivity index (χ1) is 13.2.